The van der Waals surface area contributed by atoms with Crippen LogP contribution >= 0.6 is 0 Å². The Morgan fingerprint density at radius 3 is 0.938 bits per heavy atom. The minimum Gasteiger partial charge on any atom is -0.400 e. The van der Waals surface area contributed by atoms with Crippen LogP contribution in [-0.4, -0.2) is 12.2 Å². The fourth-order valence-corrected chi connectivity index (χ4v) is 1.07. The third-order valence-electron chi connectivity index (χ3n) is 1.88. The Kier molecular flexibility index (Phi) is 8.94. The Morgan fingerprint density at radius 1 is 0.562 bits per heavy atom. The van der Waals surface area contributed by atoms with Crippen LogP contribution in [0.25, 0.3) is 0 Å². The van der Waals surface area contributed by atoms with E-state index in [1.54, 1.807) is 0 Å². The predicted octanol–water partition coefficient (Wildman–Crippen LogP) is 3.60. The molecule has 0 bridgehead atoms. The molecule has 1 heteroatoms. The normalized spacial score (nSPS) is 8.00. The van der Waals surface area contributed by atoms with E-state index in [1.807, 2.05) is 36.4 Å². The van der Waals surface area contributed by atoms with Gasteiger partial charge in [0.05, 0.1) is 0 Å². The van der Waals surface area contributed by atoms with Gasteiger partial charge < -0.3 is 5.11 Å². The number of hydrogen-bond donors (Lipinski definition) is 1. The van der Waals surface area contributed by atoms with Crippen LogP contribution in [0.5, 0.6) is 0 Å². The van der Waals surface area contributed by atoms with E-state index in [1.165, 1.54) is 11.1 Å². The van der Waals surface area contributed by atoms with Gasteiger partial charge in [-0.25, -0.2) is 0 Å². The van der Waals surface area contributed by atoms with Gasteiger partial charge in [0.2, 0.25) is 0 Å². The number of rotatable bonds is 0. The molecule has 1 N–H and O–H groups in total. The zero-order chi connectivity index (χ0) is 12.2. The molecule has 1 nitrogen and oxygen atoms in total. The maximum atomic E-state index is 7.00. The summed E-state index contributed by atoms with van der Waals surface area (Å²) in [4.78, 5) is 0. The number of aliphatic hydroxyl groups excluding tert-OH is 1. The number of benzene rings is 2. The van der Waals surface area contributed by atoms with Crippen LogP contribution in [0.1, 0.15) is 11.1 Å². The Bertz CT molecular complexity index is 303. The lowest BCUT2D eigenvalue weighted by molar-refractivity contribution is 0.399. The lowest BCUT2D eigenvalue weighted by Gasteiger charge is -1.82. The van der Waals surface area contributed by atoms with Gasteiger partial charge in [-0.3, -0.25) is 0 Å². The highest BCUT2D eigenvalue weighted by atomic mass is 16.2. The van der Waals surface area contributed by atoms with Crippen LogP contribution in [0.2, 0.25) is 0 Å². The number of aliphatic hydroxyl groups is 1. The molecule has 0 fully saturated rings. The SMILES string of the molecule is CO.Cc1ccccc1.Cc1ccccc1. The topological polar surface area (TPSA) is 20.2 Å². The Hall–Kier alpha value is -1.60. The monoisotopic (exact) mass is 216 g/mol. The third kappa shape index (κ3) is 7.77. The van der Waals surface area contributed by atoms with Crippen molar-refractivity contribution >= 4 is 0 Å². The summed E-state index contributed by atoms with van der Waals surface area (Å²) < 4.78 is 0. The van der Waals surface area contributed by atoms with Crippen molar-refractivity contribution in [1.82, 2.24) is 0 Å². The molecule has 0 aliphatic rings. The van der Waals surface area contributed by atoms with E-state index in [0.29, 0.717) is 0 Å². The lowest BCUT2D eigenvalue weighted by atomic mass is 10.2. The molecular weight excluding hydrogens is 196 g/mol. The van der Waals surface area contributed by atoms with Crippen molar-refractivity contribution in [2.24, 2.45) is 0 Å². The van der Waals surface area contributed by atoms with Gasteiger partial charge in [-0.15, -0.1) is 0 Å². The summed E-state index contributed by atoms with van der Waals surface area (Å²) in [6.07, 6.45) is 0. The molecule has 0 amide bonds. The van der Waals surface area contributed by atoms with E-state index in [4.69, 9.17) is 5.11 Å². The van der Waals surface area contributed by atoms with Crippen molar-refractivity contribution in [2.45, 2.75) is 13.8 Å². The molecule has 0 saturated carbocycles. The molecule has 0 aromatic heterocycles. The van der Waals surface area contributed by atoms with E-state index in [2.05, 4.69) is 38.1 Å². The second kappa shape index (κ2) is 9.94. The van der Waals surface area contributed by atoms with E-state index in [9.17, 15) is 0 Å². The molecule has 0 unspecified atom stereocenters. The quantitative estimate of drug-likeness (QED) is 0.713. The van der Waals surface area contributed by atoms with Gasteiger partial charge in [0.15, 0.2) is 0 Å². The van der Waals surface area contributed by atoms with E-state index >= 15 is 0 Å². The first-order valence-electron chi connectivity index (χ1n) is 5.27. The van der Waals surface area contributed by atoms with Crippen molar-refractivity contribution in [2.75, 3.05) is 7.11 Å². The second-order valence-electron chi connectivity index (χ2n) is 3.31. The highest BCUT2D eigenvalue weighted by Crippen LogP contribution is 1.92. The van der Waals surface area contributed by atoms with Crippen LogP contribution in [-0.2, 0) is 0 Å². The fraction of sp³-hybridized carbons (Fsp3) is 0.200. The van der Waals surface area contributed by atoms with Gasteiger partial charge >= 0.3 is 0 Å². The average molecular weight is 216 g/mol. The molecule has 16 heavy (non-hydrogen) atoms. The largest absolute Gasteiger partial charge is 0.400 e. The summed E-state index contributed by atoms with van der Waals surface area (Å²) >= 11 is 0. The maximum absolute atomic E-state index is 7.00. The number of hydrogen-bond acceptors (Lipinski definition) is 1. The summed E-state index contributed by atoms with van der Waals surface area (Å²) in [6.45, 7) is 4.17. The Labute approximate surface area is 98.4 Å². The summed E-state index contributed by atoms with van der Waals surface area (Å²) in [5.41, 5.74) is 2.64. The van der Waals surface area contributed by atoms with E-state index in [0.717, 1.165) is 7.11 Å². The van der Waals surface area contributed by atoms with Crippen molar-refractivity contribution in [3.8, 4) is 0 Å². The first-order valence-corrected chi connectivity index (χ1v) is 5.27. The van der Waals surface area contributed by atoms with Gasteiger partial charge in [-0.2, -0.15) is 0 Å². The first-order chi connectivity index (χ1) is 7.79. The zero-order valence-corrected chi connectivity index (χ0v) is 10.2. The third-order valence-corrected chi connectivity index (χ3v) is 1.88. The standard InChI is InChI=1S/2C7H8.CH4O/c2*1-7-5-3-2-4-6-7;1-2/h2*2-6H,1H3;2H,1H3. The van der Waals surface area contributed by atoms with Gasteiger partial charge in [0.1, 0.15) is 0 Å². The van der Waals surface area contributed by atoms with Crippen molar-refractivity contribution in [1.29, 1.82) is 0 Å². The predicted molar refractivity (Wildman–Crippen MR) is 70.5 cm³/mol. The first kappa shape index (κ1) is 14.4. The van der Waals surface area contributed by atoms with Crippen LogP contribution in [0.15, 0.2) is 60.7 Å². The second-order valence-corrected chi connectivity index (χ2v) is 3.31. The summed E-state index contributed by atoms with van der Waals surface area (Å²) in [5, 5.41) is 7.00. The van der Waals surface area contributed by atoms with Crippen molar-refractivity contribution in [3.63, 3.8) is 0 Å². The molecular formula is C15H20O. The minimum absolute atomic E-state index is 1.00. The summed E-state index contributed by atoms with van der Waals surface area (Å²) in [6, 6.07) is 20.5. The molecule has 0 heterocycles. The van der Waals surface area contributed by atoms with E-state index < -0.39 is 0 Å². The Morgan fingerprint density at radius 2 is 0.812 bits per heavy atom. The van der Waals surface area contributed by atoms with Gasteiger partial charge in [0, 0.05) is 7.11 Å². The molecule has 0 atom stereocenters. The fourth-order valence-electron chi connectivity index (χ4n) is 1.07. The Balaban J connectivity index is 0.000000244. The maximum Gasteiger partial charge on any atom is 0.0319 e. The van der Waals surface area contributed by atoms with Gasteiger partial charge in [0.25, 0.3) is 0 Å². The average Bonchev–Trinajstić information content (AvgIpc) is 2.34. The minimum atomic E-state index is 1.00. The summed E-state index contributed by atoms with van der Waals surface area (Å²) in [5.74, 6) is 0. The van der Waals surface area contributed by atoms with Crippen LogP contribution in [0, 0.1) is 13.8 Å². The molecule has 0 radical (unpaired) electrons. The molecule has 2 rings (SSSR count). The van der Waals surface area contributed by atoms with Crippen LogP contribution < -0.4 is 0 Å². The zero-order valence-electron chi connectivity index (χ0n) is 10.2. The molecule has 0 aliphatic heterocycles. The molecule has 2 aromatic rings. The molecule has 0 aliphatic carbocycles. The number of aryl methyl sites for hydroxylation is 2. The summed E-state index contributed by atoms with van der Waals surface area (Å²) in [7, 11) is 1.00. The van der Waals surface area contributed by atoms with Gasteiger partial charge in [-0.05, 0) is 13.8 Å². The lowest BCUT2D eigenvalue weighted by Crippen LogP contribution is -1.62. The van der Waals surface area contributed by atoms with Crippen LogP contribution in [0.3, 0.4) is 0 Å². The van der Waals surface area contributed by atoms with Crippen LogP contribution in [0.4, 0.5) is 0 Å². The molecule has 0 saturated heterocycles. The molecule has 2 aromatic carbocycles. The smallest absolute Gasteiger partial charge is 0.0319 e. The molecule has 0 spiro atoms. The van der Waals surface area contributed by atoms with Gasteiger partial charge in [-0.1, -0.05) is 71.8 Å². The van der Waals surface area contributed by atoms with Crippen molar-refractivity contribution < 1.29 is 5.11 Å². The highest BCUT2D eigenvalue weighted by Gasteiger charge is 1.72. The molecule has 86 valence electrons. The highest BCUT2D eigenvalue weighted by molar-refractivity contribution is 5.12. The van der Waals surface area contributed by atoms with E-state index in [-0.39, 0.29) is 0 Å². The van der Waals surface area contributed by atoms with Crippen molar-refractivity contribution in [3.05, 3.63) is 71.8 Å².